The maximum atomic E-state index is 12.5. The van der Waals surface area contributed by atoms with Gasteiger partial charge in [0.2, 0.25) is 10.0 Å². The lowest BCUT2D eigenvalue weighted by Crippen LogP contribution is -2.44. The van der Waals surface area contributed by atoms with Gasteiger partial charge in [0.25, 0.3) is 0 Å². The van der Waals surface area contributed by atoms with E-state index in [2.05, 4.69) is 15.6 Å². The van der Waals surface area contributed by atoms with E-state index in [1.807, 2.05) is 13.8 Å². The minimum Gasteiger partial charge on any atom is -0.396 e. The number of guanidine groups is 1. The van der Waals surface area contributed by atoms with Crippen LogP contribution in [-0.4, -0.2) is 70.3 Å². The van der Waals surface area contributed by atoms with Crippen LogP contribution < -0.4 is 10.6 Å². The number of aliphatic hydroxyl groups is 1. The molecule has 29 heavy (non-hydrogen) atoms. The highest BCUT2D eigenvalue weighted by atomic mass is 32.2. The van der Waals surface area contributed by atoms with Crippen LogP contribution in [0.15, 0.2) is 34.2 Å². The summed E-state index contributed by atoms with van der Waals surface area (Å²) < 4.78 is 32.0. The summed E-state index contributed by atoms with van der Waals surface area (Å²) in [6, 6.07) is 6.77. The number of nitrogens with one attached hydrogen (secondary N) is 2. The lowest BCUT2D eigenvalue weighted by Gasteiger charge is -2.27. The maximum Gasteiger partial charge on any atom is 0.243 e. The molecule has 0 aliphatic carbocycles. The van der Waals surface area contributed by atoms with Gasteiger partial charge < -0.3 is 20.5 Å². The first-order chi connectivity index (χ1) is 13.7. The summed E-state index contributed by atoms with van der Waals surface area (Å²) in [5.41, 5.74) is 0.888. The molecule has 0 spiro atoms. The molecule has 3 N–H and O–H groups in total. The largest absolute Gasteiger partial charge is 0.396 e. The van der Waals surface area contributed by atoms with Crippen molar-refractivity contribution in [3.8, 4) is 0 Å². The van der Waals surface area contributed by atoms with Gasteiger partial charge in [0, 0.05) is 51.9 Å². The molecule has 1 heterocycles. The molecule has 1 aliphatic rings. The molecule has 1 saturated heterocycles. The van der Waals surface area contributed by atoms with E-state index in [9.17, 15) is 13.5 Å². The van der Waals surface area contributed by atoms with E-state index in [0.29, 0.717) is 32.1 Å². The summed E-state index contributed by atoms with van der Waals surface area (Å²) in [4.78, 5) is 4.53. The summed E-state index contributed by atoms with van der Waals surface area (Å²) in [7, 11) is -0.184. The fraction of sp³-hybridized carbons (Fsp3) is 0.650. The number of rotatable bonds is 9. The summed E-state index contributed by atoms with van der Waals surface area (Å²) in [6.07, 6.45) is 1.61. The molecule has 1 aromatic carbocycles. The molecule has 1 aromatic rings. The van der Waals surface area contributed by atoms with Gasteiger partial charge in [-0.05, 0) is 44.4 Å². The second-order valence-electron chi connectivity index (χ2n) is 7.81. The first kappa shape index (κ1) is 23.6. The molecule has 1 atom stereocenters. The van der Waals surface area contributed by atoms with Crippen LogP contribution in [-0.2, 0) is 21.3 Å². The van der Waals surface area contributed by atoms with Crippen molar-refractivity contribution < 1.29 is 18.3 Å². The van der Waals surface area contributed by atoms with E-state index in [1.54, 1.807) is 38.4 Å². The topological polar surface area (TPSA) is 103 Å². The molecule has 2 rings (SSSR count). The van der Waals surface area contributed by atoms with Crippen molar-refractivity contribution in [2.24, 2.45) is 10.4 Å². The first-order valence-corrected chi connectivity index (χ1v) is 11.4. The van der Waals surface area contributed by atoms with Gasteiger partial charge in [-0.2, -0.15) is 4.31 Å². The summed E-state index contributed by atoms with van der Waals surface area (Å²) in [5, 5.41) is 15.9. The Morgan fingerprint density at radius 2 is 2.00 bits per heavy atom. The number of nitrogens with zero attached hydrogens (tertiary/aromatic N) is 2. The van der Waals surface area contributed by atoms with Crippen molar-refractivity contribution >= 4 is 16.0 Å². The molecule has 0 aromatic heterocycles. The Morgan fingerprint density at radius 1 is 1.31 bits per heavy atom. The smallest absolute Gasteiger partial charge is 0.243 e. The summed E-state index contributed by atoms with van der Waals surface area (Å²) in [6.45, 7) is 6.37. The average Bonchev–Trinajstić information content (AvgIpc) is 3.16. The predicted molar refractivity (Wildman–Crippen MR) is 114 cm³/mol. The zero-order valence-corrected chi connectivity index (χ0v) is 18.6. The zero-order chi connectivity index (χ0) is 21.5. The highest BCUT2D eigenvalue weighted by Crippen LogP contribution is 2.31. The fourth-order valence-electron chi connectivity index (χ4n) is 3.21. The molecule has 1 unspecified atom stereocenters. The first-order valence-electron chi connectivity index (χ1n) is 9.94. The molecule has 8 nitrogen and oxygen atoms in total. The SMILES string of the molecule is CN=C(NCc1ccc(S(=O)(=O)N(C)C(C)C)cc1)NCC1(CCO)CCOC1. The Morgan fingerprint density at radius 3 is 2.52 bits per heavy atom. The van der Waals surface area contributed by atoms with Gasteiger partial charge in [0.1, 0.15) is 0 Å². The molecular formula is C20H34N4O4S. The maximum absolute atomic E-state index is 12.5. The van der Waals surface area contributed by atoms with Gasteiger partial charge in [-0.15, -0.1) is 0 Å². The third-order valence-electron chi connectivity index (χ3n) is 5.47. The number of ether oxygens (including phenoxy) is 1. The third-order valence-corrected chi connectivity index (χ3v) is 7.52. The van der Waals surface area contributed by atoms with Crippen molar-refractivity contribution in [3.63, 3.8) is 0 Å². The number of sulfonamides is 1. The van der Waals surface area contributed by atoms with Crippen molar-refractivity contribution in [2.75, 3.05) is 40.5 Å². The fourth-order valence-corrected chi connectivity index (χ4v) is 4.58. The van der Waals surface area contributed by atoms with Crippen LogP contribution in [0.5, 0.6) is 0 Å². The van der Waals surface area contributed by atoms with E-state index < -0.39 is 10.0 Å². The lowest BCUT2D eigenvalue weighted by atomic mass is 9.84. The minimum atomic E-state index is -3.48. The number of aliphatic hydroxyl groups excluding tert-OH is 1. The van der Waals surface area contributed by atoms with Gasteiger partial charge in [-0.25, -0.2) is 8.42 Å². The average molecular weight is 427 g/mol. The molecule has 9 heteroatoms. The van der Waals surface area contributed by atoms with Crippen LogP contribution in [0.25, 0.3) is 0 Å². The summed E-state index contributed by atoms with van der Waals surface area (Å²) >= 11 is 0. The van der Waals surface area contributed by atoms with Gasteiger partial charge in [-0.3, -0.25) is 4.99 Å². The second-order valence-corrected chi connectivity index (χ2v) is 9.81. The van der Waals surface area contributed by atoms with E-state index in [4.69, 9.17) is 4.74 Å². The van der Waals surface area contributed by atoms with Gasteiger partial charge in [0.15, 0.2) is 5.96 Å². The van der Waals surface area contributed by atoms with Crippen molar-refractivity contribution in [2.45, 2.75) is 44.2 Å². The van der Waals surface area contributed by atoms with Crippen LogP contribution in [0.1, 0.15) is 32.3 Å². The lowest BCUT2D eigenvalue weighted by molar-refractivity contribution is 0.127. The molecule has 0 bridgehead atoms. The minimum absolute atomic E-state index is 0.0647. The van der Waals surface area contributed by atoms with Crippen LogP contribution in [0.2, 0.25) is 0 Å². The third kappa shape index (κ3) is 6.15. The van der Waals surface area contributed by atoms with E-state index in [1.165, 1.54) is 4.31 Å². The molecule has 1 aliphatic heterocycles. The highest BCUT2D eigenvalue weighted by molar-refractivity contribution is 7.89. The van der Waals surface area contributed by atoms with Crippen molar-refractivity contribution in [3.05, 3.63) is 29.8 Å². The van der Waals surface area contributed by atoms with E-state index in [-0.39, 0.29) is 23.0 Å². The quantitative estimate of drug-likeness (QED) is 0.405. The Balaban J connectivity index is 1.93. The van der Waals surface area contributed by atoms with Gasteiger partial charge in [0.05, 0.1) is 11.5 Å². The monoisotopic (exact) mass is 426 g/mol. The standard InChI is InChI=1S/C20H34N4O4S/c1-16(2)24(4)29(26,27)18-7-5-17(6-8-18)13-22-19(21-3)23-14-20(9-11-25)10-12-28-15-20/h5-8,16,25H,9-15H2,1-4H3,(H2,21,22,23). The Hall–Kier alpha value is -1.68. The number of hydrogen-bond acceptors (Lipinski definition) is 5. The van der Waals surface area contributed by atoms with Gasteiger partial charge in [-0.1, -0.05) is 12.1 Å². The van der Waals surface area contributed by atoms with Gasteiger partial charge >= 0.3 is 0 Å². The Labute approximate surface area is 174 Å². The van der Waals surface area contributed by atoms with E-state index in [0.717, 1.165) is 18.6 Å². The Bertz CT molecular complexity index is 772. The molecular weight excluding hydrogens is 392 g/mol. The highest BCUT2D eigenvalue weighted by Gasteiger charge is 2.34. The van der Waals surface area contributed by atoms with Crippen LogP contribution in [0, 0.1) is 5.41 Å². The molecule has 0 saturated carbocycles. The summed E-state index contributed by atoms with van der Waals surface area (Å²) in [5.74, 6) is 0.658. The van der Waals surface area contributed by atoms with Crippen LogP contribution >= 0.6 is 0 Å². The van der Waals surface area contributed by atoms with Crippen LogP contribution in [0.3, 0.4) is 0 Å². The van der Waals surface area contributed by atoms with E-state index >= 15 is 0 Å². The predicted octanol–water partition coefficient (Wildman–Crippen LogP) is 1.17. The number of benzene rings is 1. The molecule has 0 amide bonds. The normalized spacial score (nSPS) is 20.4. The molecule has 1 fully saturated rings. The zero-order valence-electron chi connectivity index (χ0n) is 17.8. The van der Waals surface area contributed by atoms with Crippen LogP contribution in [0.4, 0.5) is 0 Å². The van der Waals surface area contributed by atoms with Crippen molar-refractivity contribution in [1.82, 2.24) is 14.9 Å². The molecule has 164 valence electrons. The molecule has 0 radical (unpaired) electrons. The number of hydrogen-bond donors (Lipinski definition) is 3. The van der Waals surface area contributed by atoms with Crippen molar-refractivity contribution in [1.29, 1.82) is 0 Å². The Kier molecular flexibility index (Phi) is 8.45. The number of aliphatic imine (C=N–C) groups is 1. The second kappa shape index (κ2) is 10.4.